The molecule has 0 radical (unpaired) electrons. The van der Waals surface area contributed by atoms with Crippen LogP contribution in [-0.2, 0) is 4.79 Å². The first-order valence-corrected chi connectivity index (χ1v) is 7.82. The summed E-state index contributed by atoms with van der Waals surface area (Å²) in [6, 6.07) is 11.2. The summed E-state index contributed by atoms with van der Waals surface area (Å²) in [6.07, 6.45) is -3.96. The Hall–Kier alpha value is -3.69. The van der Waals surface area contributed by atoms with Gasteiger partial charge in [-0.15, -0.1) is 0 Å². The van der Waals surface area contributed by atoms with Gasteiger partial charge in [0.25, 0.3) is 5.91 Å². The first kappa shape index (κ1) is 19.1. The largest absolute Gasteiger partial charge is 0.490 e. The maximum absolute atomic E-state index is 13.4. The van der Waals surface area contributed by atoms with E-state index in [0.717, 1.165) is 12.1 Å². The van der Waals surface area contributed by atoms with Crippen LogP contribution in [0.25, 0.3) is 6.08 Å². The van der Waals surface area contributed by atoms with Gasteiger partial charge < -0.3 is 4.74 Å². The molecule has 0 N–H and O–H groups in total. The van der Waals surface area contributed by atoms with Gasteiger partial charge in [-0.05, 0) is 29.8 Å². The Morgan fingerprint density at radius 3 is 2.43 bits per heavy atom. The number of rotatable bonds is 4. The van der Waals surface area contributed by atoms with E-state index in [4.69, 9.17) is 4.74 Å². The molecule has 0 aliphatic carbocycles. The van der Waals surface area contributed by atoms with E-state index in [1.165, 1.54) is 31.4 Å². The zero-order valence-corrected chi connectivity index (χ0v) is 14.3. The molecule has 1 aliphatic heterocycles. The van der Waals surface area contributed by atoms with Gasteiger partial charge in [-0.25, -0.2) is 0 Å². The highest BCUT2D eigenvalue weighted by Crippen LogP contribution is 2.34. The van der Waals surface area contributed by atoms with Crippen LogP contribution in [0.5, 0.6) is 5.75 Å². The van der Waals surface area contributed by atoms with Crippen molar-refractivity contribution in [2.75, 3.05) is 12.1 Å². The third-order valence-corrected chi connectivity index (χ3v) is 3.86. The first-order chi connectivity index (χ1) is 13.2. The Morgan fingerprint density at radius 2 is 1.86 bits per heavy atom. The van der Waals surface area contributed by atoms with E-state index in [1.807, 2.05) is 0 Å². The number of nitro groups is 1. The topological polar surface area (TPSA) is 85.0 Å². The summed E-state index contributed by atoms with van der Waals surface area (Å²) in [5, 5.41) is 15.2. The van der Waals surface area contributed by atoms with Crippen LogP contribution in [0.4, 0.5) is 24.5 Å². The fraction of sp³-hybridized carbons (Fsp3) is 0.111. The van der Waals surface area contributed by atoms with Gasteiger partial charge in [0, 0.05) is 6.07 Å². The Balaban J connectivity index is 2.09. The van der Waals surface area contributed by atoms with E-state index < -0.39 is 34.0 Å². The second-order valence-electron chi connectivity index (χ2n) is 5.65. The Kier molecular flexibility index (Phi) is 4.87. The number of carbonyl (C=O) groups excluding carboxylic acids is 1. The first-order valence-electron chi connectivity index (χ1n) is 7.82. The number of ether oxygens (including phenoxy) is 1. The molecule has 0 saturated heterocycles. The van der Waals surface area contributed by atoms with E-state index in [1.54, 1.807) is 18.2 Å². The van der Waals surface area contributed by atoms with Crippen LogP contribution in [0.3, 0.4) is 0 Å². The van der Waals surface area contributed by atoms with Gasteiger partial charge in [0.1, 0.15) is 0 Å². The SMILES string of the molecule is COc1ccc(/C=C2\C(=O)N(c3ccccc3)N=C2C(F)(F)F)cc1[N+](=O)[O-]. The number of para-hydroxylation sites is 1. The van der Waals surface area contributed by atoms with Crippen molar-refractivity contribution in [3.05, 3.63) is 69.8 Å². The molecule has 7 nitrogen and oxygen atoms in total. The summed E-state index contributed by atoms with van der Waals surface area (Å²) in [5.74, 6) is -1.04. The van der Waals surface area contributed by atoms with E-state index in [2.05, 4.69) is 5.10 Å². The second kappa shape index (κ2) is 7.14. The summed E-state index contributed by atoms with van der Waals surface area (Å²) >= 11 is 0. The van der Waals surface area contributed by atoms with Crippen LogP contribution in [0.15, 0.2) is 59.2 Å². The number of carbonyl (C=O) groups is 1. The minimum Gasteiger partial charge on any atom is -0.490 e. The molecular formula is C18H12F3N3O4. The number of hydrazone groups is 1. The number of nitrogens with zero attached hydrogens (tertiary/aromatic N) is 3. The van der Waals surface area contributed by atoms with Gasteiger partial charge in [-0.2, -0.15) is 23.3 Å². The van der Waals surface area contributed by atoms with Gasteiger partial charge in [0.15, 0.2) is 11.5 Å². The van der Waals surface area contributed by atoms with E-state index in [9.17, 15) is 28.1 Å². The van der Waals surface area contributed by atoms with Gasteiger partial charge in [0.2, 0.25) is 0 Å². The molecule has 0 spiro atoms. The van der Waals surface area contributed by atoms with Gasteiger partial charge in [-0.1, -0.05) is 24.3 Å². The predicted octanol–water partition coefficient (Wildman–Crippen LogP) is 3.95. The number of benzene rings is 2. The molecule has 2 aromatic carbocycles. The third kappa shape index (κ3) is 3.56. The van der Waals surface area contributed by atoms with Crippen molar-refractivity contribution in [2.24, 2.45) is 5.10 Å². The number of hydrogen-bond acceptors (Lipinski definition) is 5. The van der Waals surface area contributed by atoms with Crippen molar-refractivity contribution in [3.63, 3.8) is 0 Å². The summed E-state index contributed by atoms with van der Waals surface area (Å²) in [6.45, 7) is 0. The number of nitro benzene ring substituents is 1. The highest BCUT2D eigenvalue weighted by atomic mass is 19.4. The number of alkyl halides is 3. The molecule has 0 bridgehead atoms. The molecule has 28 heavy (non-hydrogen) atoms. The highest BCUT2D eigenvalue weighted by molar-refractivity contribution is 6.34. The molecule has 2 aromatic rings. The van der Waals surface area contributed by atoms with E-state index in [0.29, 0.717) is 5.01 Å². The van der Waals surface area contributed by atoms with Crippen molar-refractivity contribution in [3.8, 4) is 5.75 Å². The lowest BCUT2D eigenvalue weighted by Gasteiger charge is -2.10. The van der Waals surface area contributed by atoms with Gasteiger partial charge >= 0.3 is 11.9 Å². The van der Waals surface area contributed by atoms with Crippen LogP contribution in [0.2, 0.25) is 0 Å². The fourth-order valence-corrected chi connectivity index (χ4v) is 2.60. The van der Waals surface area contributed by atoms with E-state index in [-0.39, 0.29) is 17.0 Å². The van der Waals surface area contributed by atoms with Crippen LogP contribution in [0, 0.1) is 10.1 Å². The molecule has 1 amide bonds. The van der Waals surface area contributed by atoms with Crippen molar-refractivity contribution in [2.45, 2.75) is 6.18 Å². The maximum atomic E-state index is 13.4. The quantitative estimate of drug-likeness (QED) is 0.449. The zero-order valence-electron chi connectivity index (χ0n) is 14.3. The maximum Gasteiger partial charge on any atom is 0.435 e. The van der Waals surface area contributed by atoms with Crippen molar-refractivity contribution in [1.82, 2.24) is 0 Å². The lowest BCUT2D eigenvalue weighted by Crippen LogP contribution is -2.25. The van der Waals surface area contributed by atoms with Gasteiger partial charge in [0.05, 0.1) is 23.3 Å². The minimum atomic E-state index is -4.89. The average molecular weight is 391 g/mol. The molecule has 1 heterocycles. The molecule has 0 saturated carbocycles. The Bertz CT molecular complexity index is 1000. The van der Waals surface area contributed by atoms with Crippen LogP contribution in [0.1, 0.15) is 5.56 Å². The molecule has 3 rings (SSSR count). The Morgan fingerprint density at radius 1 is 1.18 bits per heavy atom. The molecule has 0 atom stereocenters. The number of amides is 1. The molecule has 10 heteroatoms. The number of halogens is 3. The van der Waals surface area contributed by atoms with Crippen LogP contribution >= 0.6 is 0 Å². The lowest BCUT2D eigenvalue weighted by molar-refractivity contribution is -0.385. The highest BCUT2D eigenvalue weighted by Gasteiger charge is 2.46. The smallest absolute Gasteiger partial charge is 0.435 e. The lowest BCUT2D eigenvalue weighted by atomic mass is 10.1. The van der Waals surface area contributed by atoms with Gasteiger partial charge in [-0.3, -0.25) is 14.9 Å². The molecule has 0 aromatic heterocycles. The van der Waals surface area contributed by atoms with Crippen molar-refractivity contribution < 1.29 is 27.6 Å². The molecule has 0 fully saturated rings. The van der Waals surface area contributed by atoms with Crippen LogP contribution in [-0.4, -0.2) is 29.8 Å². The summed E-state index contributed by atoms with van der Waals surface area (Å²) in [7, 11) is 1.23. The Labute approximate surface area is 156 Å². The fourth-order valence-electron chi connectivity index (χ4n) is 2.60. The van der Waals surface area contributed by atoms with E-state index >= 15 is 0 Å². The second-order valence-corrected chi connectivity index (χ2v) is 5.65. The monoisotopic (exact) mass is 391 g/mol. The standard InChI is InChI=1S/C18H12F3N3O4/c1-28-15-8-7-11(10-14(15)24(26)27)9-13-16(18(19,20)21)22-23(17(13)25)12-5-3-2-4-6-12/h2-10H,1H3/b13-9-. The number of anilines is 1. The molecule has 0 unspecified atom stereocenters. The predicted molar refractivity (Wildman–Crippen MR) is 95.0 cm³/mol. The molecule has 144 valence electrons. The summed E-state index contributed by atoms with van der Waals surface area (Å²) in [4.78, 5) is 23.0. The third-order valence-electron chi connectivity index (χ3n) is 3.86. The normalized spacial score (nSPS) is 15.7. The number of methoxy groups -OCH3 is 1. The zero-order chi connectivity index (χ0) is 20.5. The minimum absolute atomic E-state index is 0.0303. The average Bonchev–Trinajstić information content (AvgIpc) is 2.99. The summed E-state index contributed by atoms with van der Waals surface area (Å²) < 4.78 is 45.1. The number of hydrogen-bond donors (Lipinski definition) is 0. The summed E-state index contributed by atoms with van der Waals surface area (Å²) in [5.41, 5.74) is -2.33. The molecule has 1 aliphatic rings. The van der Waals surface area contributed by atoms with Crippen molar-refractivity contribution >= 4 is 29.1 Å². The van der Waals surface area contributed by atoms with Crippen molar-refractivity contribution in [1.29, 1.82) is 0 Å². The van der Waals surface area contributed by atoms with Crippen LogP contribution < -0.4 is 9.75 Å². The molecular weight excluding hydrogens is 379 g/mol.